The molecule has 30 heavy (non-hydrogen) atoms. The summed E-state index contributed by atoms with van der Waals surface area (Å²) in [5.41, 5.74) is 4.41. The lowest BCUT2D eigenvalue weighted by molar-refractivity contribution is 0.0600. The molecule has 0 N–H and O–H groups in total. The van der Waals surface area contributed by atoms with Gasteiger partial charge >= 0.3 is 5.97 Å². The van der Waals surface area contributed by atoms with Gasteiger partial charge in [0.1, 0.15) is 5.75 Å². The molecule has 1 aliphatic rings. The Morgan fingerprint density at radius 3 is 2.60 bits per heavy atom. The van der Waals surface area contributed by atoms with Crippen LogP contribution in [0.25, 0.3) is 6.08 Å². The maximum atomic E-state index is 11.8. The number of carbonyl (C=O) groups excluding carboxylic acids is 1. The number of methoxy groups -OCH3 is 2. The van der Waals surface area contributed by atoms with Crippen LogP contribution in [0.15, 0.2) is 54.1 Å². The molecule has 0 saturated heterocycles. The summed E-state index contributed by atoms with van der Waals surface area (Å²) < 4.78 is 10.3. The number of halogens is 1. The highest BCUT2D eigenvalue weighted by Gasteiger charge is 2.29. The average Bonchev–Trinajstić information content (AvgIpc) is 2.74. The number of ether oxygens (including phenoxy) is 2. The van der Waals surface area contributed by atoms with E-state index < -0.39 is 0 Å². The van der Waals surface area contributed by atoms with Gasteiger partial charge in [-0.25, -0.2) is 4.79 Å². The van der Waals surface area contributed by atoms with E-state index in [1.165, 1.54) is 18.2 Å². The fourth-order valence-corrected chi connectivity index (χ4v) is 4.31. The zero-order valence-corrected chi connectivity index (χ0v) is 19.1. The highest BCUT2D eigenvalue weighted by atomic mass is 35.5. The first-order chi connectivity index (χ1) is 14.0. The van der Waals surface area contributed by atoms with Crippen molar-refractivity contribution in [2.24, 2.45) is 5.92 Å². The Hall–Kier alpha value is -2.30. The lowest BCUT2D eigenvalue weighted by atomic mass is 9.73. The Bertz CT molecular complexity index is 878. The molecule has 0 unspecified atom stereocenters. The molecule has 3 rings (SSSR count). The van der Waals surface area contributed by atoms with Gasteiger partial charge < -0.3 is 14.4 Å². The van der Waals surface area contributed by atoms with E-state index in [1.807, 2.05) is 24.3 Å². The Balaban J connectivity index is 0.00000320. The molecule has 0 aliphatic heterocycles. The van der Waals surface area contributed by atoms with E-state index in [-0.39, 0.29) is 18.4 Å². The normalized spacial score (nSPS) is 20.0. The van der Waals surface area contributed by atoms with E-state index in [0.717, 1.165) is 37.1 Å². The fraction of sp³-hybridized carbons (Fsp3) is 0.400. The second kappa shape index (κ2) is 11.2. The Labute approximate surface area is 186 Å². The summed E-state index contributed by atoms with van der Waals surface area (Å²) in [6, 6.07) is 16.1. The Kier molecular flexibility index (Phi) is 8.94. The van der Waals surface area contributed by atoms with E-state index in [4.69, 9.17) is 9.47 Å². The van der Waals surface area contributed by atoms with Crippen LogP contribution in [0.1, 0.15) is 46.7 Å². The maximum Gasteiger partial charge on any atom is 0.337 e. The number of rotatable bonds is 6. The minimum Gasteiger partial charge on any atom is -0.497 e. The summed E-state index contributed by atoms with van der Waals surface area (Å²) in [6.07, 6.45) is 5.50. The van der Waals surface area contributed by atoms with Crippen molar-refractivity contribution < 1.29 is 14.3 Å². The zero-order valence-electron chi connectivity index (χ0n) is 18.3. The van der Waals surface area contributed by atoms with Crippen LogP contribution in [-0.2, 0) is 4.74 Å². The van der Waals surface area contributed by atoms with Gasteiger partial charge in [0.2, 0.25) is 0 Å². The molecule has 2 aromatic rings. The van der Waals surface area contributed by atoms with Crippen molar-refractivity contribution in [3.63, 3.8) is 0 Å². The number of nitrogens with zero attached hydrogens (tertiary/aromatic N) is 1. The predicted molar refractivity (Wildman–Crippen MR) is 125 cm³/mol. The minimum atomic E-state index is -0.297. The van der Waals surface area contributed by atoms with Gasteiger partial charge in [-0.1, -0.05) is 35.9 Å². The van der Waals surface area contributed by atoms with Crippen molar-refractivity contribution in [2.45, 2.75) is 25.2 Å². The number of benzene rings is 2. The SMILES string of the molecule is COC(=O)c1cccc(/C=C2\CC[C@H](CN(C)C)[C@@H](c3cccc(OC)c3)C2)c1.Cl. The van der Waals surface area contributed by atoms with E-state index in [1.54, 1.807) is 13.2 Å². The van der Waals surface area contributed by atoms with Crippen LogP contribution in [0, 0.1) is 5.92 Å². The van der Waals surface area contributed by atoms with E-state index >= 15 is 0 Å². The minimum absolute atomic E-state index is 0. The first-order valence-electron chi connectivity index (χ1n) is 10.2. The summed E-state index contributed by atoms with van der Waals surface area (Å²) in [5.74, 6) is 1.68. The first-order valence-corrected chi connectivity index (χ1v) is 10.2. The second-order valence-electron chi connectivity index (χ2n) is 8.07. The molecule has 0 spiro atoms. The fourth-order valence-electron chi connectivity index (χ4n) is 4.31. The van der Waals surface area contributed by atoms with Gasteiger partial charge in [0.25, 0.3) is 0 Å². The van der Waals surface area contributed by atoms with Crippen LogP contribution in [0.5, 0.6) is 5.75 Å². The summed E-state index contributed by atoms with van der Waals surface area (Å²) in [5, 5.41) is 0. The van der Waals surface area contributed by atoms with E-state index in [0.29, 0.717) is 17.4 Å². The third-order valence-corrected chi connectivity index (χ3v) is 5.69. The predicted octanol–water partition coefficient (Wildman–Crippen LogP) is 5.43. The summed E-state index contributed by atoms with van der Waals surface area (Å²) in [7, 11) is 7.42. The van der Waals surface area contributed by atoms with Crippen LogP contribution in [0.2, 0.25) is 0 Å². The molecule has 1 fully saturated rings. The highest BCUT2D eigenvalue weighted by Crippen LogP contribution is 2.42. The Morgan fingerprint density at radius 2 is 1.90 bits per heavy atom. The van der Waals surface area contributed by atoms with E-state index in [2.05, 4.69) is 43.3 Å². The summed E-state index contributed by atoms with van der Waals surface area (Å²) in [4.78, 5) is 14.1. The molecule has 2 aromatic carbocycles. The average molecular weight is 430 g/mol. The van der Waals surface area contributed by atoms with Crippen molar-refractivity contribution in [3.05, 3.63) is 70.8 Å². The number of esters is 1. The van der Waals surface area contributed by atoms with Crippen molar-refractivity contribution >= 4 is 24.5 Å². The maximum absolute atomic E-state index is 11.8. The molecule has 0 heterocycles. The van der Waals surface area contributed by atoms with Gasteiger partial charge in [0, 0.05) is 6.54 Å². The van der Waals surface area contributed by atoms with Crippen molar-refractivity contribution in [1.29, 1.82) is 0 Å². The van der Waals surface area contributed by atoms with Gasteiger partial charge in [-0.15, -0.1) is 12.4 Å². The molecule has 0 amide bonds. The van der Waals surface area contributed by atoms with Gasteiger partial charge in [0.05, 0.1) is 19.8 Å². The number of hydrogen-bond acceptors (Lipinski definition) is 4. The lowest BCUT2D eigenvalue weighted by Crippen LogP contribution is -2.29. The second-order valence-corrected chi connectivity index (χ2v) is 8.07. The standard InChI is InChI=1S/C25H31NO3.ClH/c1-26(2)17-22-12-11-19(13-18-7-5-9-21(14-18)25(27)29-4)15-24(22)20-8-6-10-23(16-20)28-3;/h5-10,13-14,16,22,24H,11-12,15,17H2,1-4H3;1H/b19-13+;/t22-,24-;/m1./s1. The van der Waals surface area contributed by atoms with Gasteiger partial charge in [-0.05, 0) is 80.6 Å². The van der Waals surface area contributed by atoms with Crippen LogP contribution in [-0.4, -0.2) is 45.7 Å². The third kappa shape index (κ3) is 6.10. The first kappa shape index (κ1) is 24.0. The molecule has 1 saturated carbocycles. The van der Waals surface area contributed by atoms with Crippen LogP contribution >= 0.6 is 12.4 Å². The molecule has 5 heteroatoms. The van der Waals surface area contributed by atoms with Crippen LogP contribution < -0.4 is 4.74 Å². The number of carbonyl (C=O) groups is 1. The largest absolute Gasteiger partial charge is 0.497 e. The quantitative estimate of drug-likeness (QED) is 0.573. The monoisotopic (exact) mass is 429 g/mol. The lowest BCUT2D eigenvalue weighted by Gasteiger charge is -2.35. The molecular weight excluding hydrogens is 398 g/mol. The summed E-state index contributed by atoms with van der Waals surface area (Å²) in [6.45, 7) is 1.08. The van der Waals surface area contributed by atoms with Crippen molar-refractivity contribution in [3.8, 4) is 5.75 Å². The molecule has 4 nitrogen and oxygen atoms in total. The van der Waals surface area contributed by atoms with E-state index in [9.17, 15) is 4.79 Å². The van der Waals surface area contributed by atoms with Gasteiger partial charge in [-0.3, -0.25) is 0 Å². The number of hydrogen-bond donors (Lipinski definition) is 0. The molecular formula is C25H32ClNO3. The summed E-state index contributed by atoms with van der Waals surface area (Å²) >= 11 is 0. The van der Waals surface area contributed by atoms with Crippen LogP contribution in [0.4, 0.5) is 0 Å². The zero-order chi connectivity index (χ0) is 20.8. The third-order valence-electron chi connectivity index (χ3n) is 5.69. The number of allylic oxidation sites excluding steroid dienone is 1. The molecule has 2 atom stereocenters. The Morgan fingerprint density at radius 1 is 1.13 bits per heavy atom. The van der Waals surface area contributed by atoms with Gasteiger partial charge in [0.15, 0.2) is 0 Å². The highest BCUT2D eigenvalue weighted by molar-refractivity contribution is 5.90. The van der Waals surface area contributed by atoms with Crippen molar-refractivity contribution in [2.75, 3.05) is 34.9 Å². The molecule has 1 aliphatic carbocycles. The molecule has 0 radical (unpaired) electrons. The van der Waals surface area contributed by atoms with Gasteiger partial charge in [-0.2, -0.15) is 0 Å². The van der Waals surface area contributed by atoms with Crippen molar-refractivity contribution in [1.82, 2.24) is 4.90 Å². The smallest absolute Gasteiger partial charge is 0.337 e. The molecule has 162 valence electrons. The molecule has 0 bridgehead atoms. The molecule has 0 aromatic heterocycles. The van der Waals surface area contributed by atoms with Crippen LogP contribution in [0.3, 0.4) is 0 Å². The topological polar surface area (TPSA) is 38.8 Å².